The summed E-state index contributed by atoms with van der Waals surface area (Å²) < 4.78 is 6.63. The molecule has 0 saturated carbocycles. The van der Waals surface area contributed by atoms with Crippen LogP contribution in [0.1, 0.15) is 31.7 Å². The van der Waals surface area contributed by atoms with Gasteiger partial charge in [-0.05, 0) is 44.4 Å². The first-order valence-electron chi connectivity index (χ1n) is 10.8. The molecule has 0 aliphatic carbocycles. The second-order valence-corrected chi connectivity index (χ2v) is 8.89. The van der Waals surface area contributed by atoms with Gasteiger partial charge in [0.1, 0.15) is 0 Å². The number of amides is 1. The fourth-order valence-electron chi connectivity index (χ4n) is 3.89. The van der Waals surface area contributed by atoms with Crippen LogP contribution in [0.3, 0.4) is 0 Å². The van der Waals surface area contributed by atoms with E-state index in [1.165, 1.54) is 4.70 Å². The van der Waals surface area contributed by atoms with E-state index in [0.717, 1.165) is 62.6 Å². The van der Waals surface area contributed by atoms with Crippen LogP contribution in [0.5, 0.6) is 0 Å². The summed E-state index contributed by atoms with van der Waals surface area (Å²) in [5.41, 5.74) is 1.04. The molecule has 29 heavy (non-hydrogen) atoms. The summed E-state index contributed by atoms with van der Waals surface area (Å²) in [7, 11) is 0. The SMILES string of the molecule is CCOCCCN1CC[C@@H](NCC(=O)NCCc2nc3ccccc3s2)[C@@H](C)C1. The van der Waals surface area contributed by atoms with Gasteiger partial charge in [0.25, 0.3) is 0 Å². The predicted octanol–water partition coefficient (Wildman–Crippen LogP) is 2.68. The van der Waals surface area contributed by atoms with Crippen molar-refractivity contribution in [1.82, 2.24) is 20.5 Å². The van der Waals surface area contributed by atoms with Crippen LogP contribution in [0, 0.1) is 5.92 Å². The maximum Gasteiger partial charge on any atom is 0.233 e. The number of thiazole rings is 1. The van der Waals surface area contributed by atoms with E-state index in [-0.39, 0.29) is 5.91 Å². The summed E-state index contributed by atoms with van der Waals surface area (Å²) in [4.78, 5) is 19.3. The Morgan fingerprint density at radius 1 is 1.38 bits per heavy atom. The molecule has 2 N–H and O–H groups in total. The minimum absolute atomic E-state index is 0.0671. The number of aromatic nitrogens is 1. The largest absolute Gasteiger partial charge is 0.382 e. The quantitative estimate of drug-likeness (QED) is 0.549. The lowest BCUT2D eigenvalue weighted by Gasteiger charge is -2.37. The van der Waals surface area contributed by atoms with Crippen LogP contribution in [0.4, 0.5) is 0 Å². The van der Waals surface area contributed by atoms with Gasteiger partial charge in [0, 0.05) is 45.3 Å². The molecule has 1 saturated heterocycles. The number of fused-ring (bicyclic) bond motifs is 1. The number of hydrogen-bond donors (Lipinski definition) is 2. The Morgan fingerprint density at radius 2 is 2.24 bits per heavy atom. The smallest absolute Gasteiger partial charge is 0.233 e. The second kappa shape index (κ2) is 11.6. The van der Waals surface area contributed by atoms with Gasteiger partial charge in [-0.1, -0.05) is 19.1 Å². The van der Waals surface area contributed by atoms with Crippen molar-refractivity contribution in [3.8, 4) is 0 Å². The fraction of sp³-hybridized carbons (Fsp3) is 0.636. The maximum atomic E-state index is 12.2. The summed E-state index contributed by atoms with van der Waals surface area (Å²) in [6.45, 7) is 10.3. The highest BCUT2D eigenvalue weighted by molar-refractivity contribution is 7.18. The van der Waals surface area contributed by atoms with E-state index >= 15 is 0 Å². The Kier molecular flexibility index (Phi) is 8.86. The number of hydrogen-bond acceptors (Lipinski definition) is 6. The molecule has 2 atom stereocenters. The summed E-state index contributed by atoms with van der Waals surface area (Å²) in [5, 5.41) is 7.56. The molecular weight excluding hydrogens is 384 g/mol. The Labute approximate surface area is 178 Å². The number of likely N-dealkylation sites (tertiary alicyclic amines) is 1. The van der Waals surface area contributed by atoms with E-state index in [9.17, 15) is 4.79 Å². The number of benzene rings is 1. The predicted molar refractivity (Wildman–Crippen MR) is 119 cm³/mol. The Morgan fingerprint density at radius 3 is 3.03 bits per heavy atom. The van der Waals surface area contributed by atoms with Crippen LogP contribution < -0.4 is 10.6 Å². The normalized spacial score (nSPS) is 20.2. The maximum absolute atomic E-state index is 12.2. The van der Waals surface area contributed by atoms with E-state index in [4.69, 9.17) is 4.74 Å². The fourth-order valence-corrected chi connectivity index (χ4v) is 4.86. The third-order valence-electron chi connectivity index (χ3n) is 5.48. The standard InChI is InChI=1S/C22H34N4O2S/c1-3-28-14-6-12-26-13-10-18(17(2)16-26)24-15-21(27)23-11-9-22-25-19-7-4-5-8-20(19)29-22/h4-5,7-8,17-18,24H,3,6,9-16H2,1-2H3,(H,23,27)/t17-,18+/m0/s1. The van der Waals surface area contributed by atoms with Gasteiger partial charge in [-0.3, -0.25) is 4.79 Å². The Balaban J connectivity index is 1.30. The number of nitrogens with one attached hydrogen (secondary N) is 2. The van der Waals surface area contributed by atoms with Crippen molar-refractivity contribution in [1.29, 1.82) is 0 Å². The summed E-state index contributed by atoms with van der Waals surface area (Å²) in [6.07, 6.45) is 2.96. The molecule has 1 aliphatic rings. The molecule has 1 amide bonds. The van der Waals surface area contributed by atoms with Crippen molar-refractivity contribution in [3.63, 3.8) is 0 Å². The first-order valence-corrected chi connectivity index (χ1v) is 11.6. The van der Waals surface area contributed by atoms with Crippen LogP contribution in [0.15, 0.2) is 24.3 Å². The third kappa shape index (κ3) is 7.03. The monoisotopic (exact) mass is 418 g/mol. The number of carbonyl (C=O) groups excluding carboxylic acids is 1. The van der Waals surface area contributed by atoms with Crippen molar-refractivity contribution in [2.45, 2.75) is 39.2 Å². The van der Waals surface area contributed by atoms with E-state index < -0.39 is 0 Å². The lowest BCUT2D eigenvalue weighted by atomic mass is 9.93. The zero-order valence-electron chi connectivity index (χ0n) is 17.7. The molecule has 1 aliphatic heterocycles. The third-order valence-corrected chi connectivity index (χ3v) is 6.58. The number of carbonyl (C=O) groups is 1. The highest BCUT2D eigenvalue weighted by atomic mass is 32.1. The molecule has 3 rings (SSSR count). The molecule has 0 spiro atoms. The van der Waals surface area contributed by atoms with Crippen molar-refractivity contribution >= 4 is 27.5 Å². The first-order chi connectivity index (χ1) is 14.2. The minimum Gasteiger partial charge on any atom is -0.382 e. The Hall–Kier alpha value is -1.54. The molecule has 0 bridgehead atoms. The molecule has 7 heteroatoms. The summed E-state index contributed by atoms with van der Waals surface area (Å²) >= 11 is 1.70. The van der Waals surface area contributed by atoms with Crippen LogP contribution in [0.25, 0.3) is 10.2 Å². The van der Waals surface area contributed by atoms with Gasteiger partial charge >= 0.3 is 0 Å². The number of ether oxygens (including phenoxy) is 1. The molecular formula is C22H34N4O2S. The lowest BCUT2D eigenvalue weighted by molar-refractivity contribution is -0.120. The van der Waals surface area contributed by atoms with E-state index in [1.54, 1.807) is 11.3 Å². The van der Waals surface area contributed by atoms with Gasteiger partial charge in [-0.25, -0.2) is 4.98 Å². The zero-order chi connectivity index (χ0) is 20.5. The summed E-state index contributed by atoms with van der Waals surface area (Å²) in [6, 6.07) is 8.57. The second-order valence-electron chi connectivity index (χ2n) is 7.78. The highest BCUT2D eigenvalue weighted by Gasteiger charge is 2.25. The van der Waals surface area contributed by atoms with Crippen LogP contribution in [-0.2, 0) is 16.0 Å². The van der Waals surface area contributed by atoms with Crippen molar-refractivity contribution in [2.75, 3.05) is 45.9 Å². The van der Waals surface area contributed by atoms with Gasteiger partial charge < -0.3 is 20.3 Å². The molecule has 1 fully saturated rings. The van der Waals surface area contributed by atoms with Gasteiger partial charge in [-0.15, -0.1) is 11.3 Å². The number of rotatable bonds is 11. The minimum atomic E-state index is 0.0671. The molecule has 2 aromatic rings. The summed E-state index contributed by atoms with van der Waals surface area (Å²) in [5.74, 6) is 0.615. The molecule has 160 valence electrons. The van der Waals surface area contributed by atoms with Gasteiger partial charge in [0.2, 0.25) is 5.91 Å². The van der Waals surface area contributed by atoms with Gasteiger partial charge in [0.05, 0.1) is 21.8 Å². The van der Waals surface area contributed by atoms with Crippen LogP contribution in [-0.4, -0.2) is 67.8 Å². The molecule has 1 aromatic heterocycles. The van der Waals surface area contributed by atoms with Gasteiger partial charge in [-0.2, -0.15) is 0 Å². The van der Waals surface area contributed by atoms with E-state index in [2.05, 4.69) is 33.5 Å². The first kappa shape index (κ1) is 22.2. The lowest BCUT2D eigenvalue weighted by Crippen LogP contribution is -2.50. The topological polar surface area (TPSA) is 66.5 Å². The molecule has 1 aromatic carbocycles. The van der Waals surface area contributed by atoms with Gasteiger partial charge in [0.15, 0.2) is 0 Å². The molecule has 6 nitrogen and oxygen atoms in total. The molecule has 2 heterocycles. The van der Waals surface area contributed by atoms with E-state index in [0.29, 0.717) is 25.0 Å². The highest BCUT2D eigenvalue weighted by Crippen LogP contribution is 2.21. The molecule has 0 radical (unpaired) electrons. The van der Waals surface area contributed by atoms with Crippen molar-refractivity contribution < 1.29 is 9.53 Å². The average molecular weight is 419 g/mol. The molecule has 0 unspecified atom stereocenters. The number of nitrogens with zero attached hydrogens (tertiary/aromatic N) is 2. The van der Waals surface area contributed by atoms with Crippen LogP contribution >= 0.6 is 11.3 Å². The Bertz CT molecular complexity index is 733. The zero-order valence-corrected chi connectivity index (χ0v) is 18.5. The average Bonchev–Trinajstić information content (AvgIpc) is 3.13. The number of para-hydroxylation sites is 1. The van der Waals surface area contributed by atoms with Crippen molar-refractivity contribution in [2.24, 2.45) is 5.92 Å². The van der Waals surface area contributed by atoms with Crippen LogP contribution in [0.2, 0.25) is 0 Å². The number of piperidine rings is 1. The van der Waals surface area contributed by atoms with E-state index in [1.807, 2.05) is 25.1 Å². The van der Waals surface area contributed by atoms with Crippen molar-refractivity contribution in [3.05, 3.63) is 29.3 Å².